The van der Waals surface area contributed by atoms with Crippen LogP contribution in [0.1, 0.15) is 36.6 Å². The van der Waals surface area contributed by atoms with Gasteiger partial charge in [0, 0.05) is 24.4 Å². The lowest BCUT2D eigenvalue weighted by Gasteiger charge is -2.43. The van der Waals surface area contributed by atoms with Crippen molar-refractivity contribution >= 4 is 23.4 Å². The Balaban J connectivity index is 1.20. The summed E-state index contributed by atoms with van der Waals surface area (Å²) in [5, 5.41) is 12.6. The summed E-state index contributed by atoms with van der Waals surface area (Å²) < 4.78 is 0. The zero-order chi connectivity index (χ0) is 25.8. The zero-order valence-corrected chi connectivity index (χ0v) is 21.1. The predicted octanol–water partition coefficient (Wildman–Crippen LogP) is 2.16. The van der Waals surface area contributed by atoms with E-state index < -0.39 is 11.0 Å². The van der Waals surface area contributed by atoms with Gasteiger partial charge in [-0.15, -0.1) is 0 Å². The highest BCUT2D eigenvalue weighted by Gasteiger charge is 2.51. The molecule has 3 aliphatic heterocycles. The molecule has 4 aliphatic rings. The van der Waals surface area contributed by atoms with E-state index in [9.17, 15) is 14.4 Å². The highest BCUT2D eigenvalue weighted by Crippen LogP contribution is 2.47. The van der Waals surface area contributed by atoms with Crippen molar-refractivity contribution in [2.75, 3.05) is 25.0 Å². The minimum Gasteiger partial charge on any atom is -0.368 e. The summed E-state index contributed by atoms with van der Waals surface area (Å²) in [5.41, 5.74) is 3.49. The van der Waals surface area contributed by atoms with E-state index in [1.54, 1.807) is 4.90 Å². The molecular weight excluding hydrogens is 466 g/mol. The van der Waals surface area contributed by atoms with Crippen molar-refractivity contribution in [2.45, 2.75) is 38.3 Å². The lowest BCUT2D eigenvalue weighted by molar-refractivity contribution is -0.146. The average molecular weight is 498 g/mol. The number of dihydropyridines is 1. The molecule has 3 amide bonds. The largest absolute Gasteiger partial charge is 0.368 e. The van der Waals surface area contributed by atoms with Crippen LogP contribution in [0.25, 0.3) is 0 Å². The van der Waals surface area contributed by atoms with Gasteiger partial charge in [0.1, 0.15) is 12.4 Å². The summed E-state index contributed by atoms with van der Waals surface area (Å²) >= 11 is 0. The van der Waals surface area contributed by atoms with Crippen molar-refractivity contribution < 1.29 is 14.4 Å². The molecule has 8 heteroatoms. The molecule has 6 rings (SSSR count). The molecule has 0 unspecified atom stereocenters. The molecule has 0 bridgehead atoms. The topological polar surface area (TPSA) is 103 Å². The molecule has 2 aromatic rings. The molecule has 1 aliphatic carbocycles. The van der Waals surface area contributed by atoms with Gasteiger partial charge in [-0.25, -0.2) is 0 Å². The monoisotopic (exact) mass is 497 g/mol. The Morgan fingerprint density at radius 1 is 1.08 bits per heavy atom. The fourth-order valence-electron chi connectivity index (χ4n) is 6.03. The van der Waals surface area contributed by atoms with Crippen LogP contribution in [0, 0.1) is 5.41 Å². The number of anilines is 1. The molecule has 2 aromatic carbocycles. The number of piperazine rings is 1. The molecule has 37 heavy (non-hydrogen) atoms. The third-order valence-corrected chi connectivity index (χ3v) is 8.02. The van der Waals surface area contributed by atoms with Crippen LogP contribution in [0.5, 0.6) is 0 Å². The fourth-order valence-corrected chi connectivity index (χ4v) is 6.03. The standard InChI is InChI=1S/C29H31N5O3/c1-28(2)27(37)34(23(16-31-28)18-7-4-3-5-8-18)17-24(35)32-21-11-10-19-14-29(15-20(19)13-21)22-9-6-12-30-25(22)33-26(29)36/h3-11,13,23,30-31H,12,14-17H2,1-2H3,(H,32,35)(H,33,36)/t23-,29-/m1/s1. The first kappa shape index (κ1) is 23.5. The SMILES string of the molecule is CC1(C)NC[C@H](c2ccccc2)N(CC(=O)Nc2ccc3c(c2)C[C@@]2(C3)C(=O)NC3=C2C=CCN3)C1=O. The van der Waals surface area contributed by atoms with Gasteiger partial charge < -0.3 is 26.2 Å². The van der Waals surface area contributed by atoms with E-state index in [4.69, 9.17) is 0 Å². The van der Waals surface area contributed by atoms with Crippen molar-refractivity contribution in [1.82, 2.24) is 20.9 Å². The summed E-state index contributed by atoms with van der Waals surface area (Å²) in [7, 11) is 0. The van der Waals surface area contributed by atoms with Crippen LogP contribution >= 0.6 is 0 Å². The molecule has 0 aromatic heterocycles. The minimum atomic E-state index is -0.745. The molecular formula is C29H31N5O3. The minimum absolute atomic E-state index is 0.0186. The molecule has 190 valence electrons. The summed E-state index contributed by atoms with van der Waals surface area (Å²) in [6.07, 6.45) is 5.31. The molecule has 4 N–H and O–H groups in total. The van der Waals surface area contributed by atoms with Gasteiger partial charge in [0.15, 0.2) is 0 Å². The van der Waals surface area contributed by atoms with Crippen molar-refractivity contribution in [1.29, 1.82) is 0 Å². The fraction of sp³-hybridized carbons (Fsp3) is 0.345. The van der Waals surface area contributed by atoms with Gasteiger partial charge in [-0.05, 0) is 55.5 Å². The maximum absolute atomic E-state index is 13.3. The van der Waals surface area contributed by atoms with Gasteiger partial charge in [-0.2, -0.15) is 0 Å². The maximum atomic E-state index is 13.3. The van der Waals surface area contributed by atoms with Crippen LogP contribution in [-0.2, 0) is 27.2 Å². The molecule has 3 heterocycles. The van der Waals surface area contributed by atoms with Crippen LogP contribution in [0.2, 0.25) is 0 Å². The van der Waals surface area contributed by atoms with E-state index in [1.165, 1.54) is 0 Å². The number of carbonyl (C=O) groups is 3. The number of amides is 3. The second kappa shape index (κ2) is 8.59. The highest BCUT2D eigenvalue weighted by atomic mass is 16.2. The van der Waals surface area contributed by atoms with Crippen molar-refractivity contribution in [3.8, 4) is 0 Å². The number of nitrogens with one attached hydrogen (secondary N) is 4. The Bertz CT molecular complexity index is 1360. The summed E-state index contributed by atoms with van der Waals surface area (Å²) in [6, 6.07) is 15.4. The van der Waals surface area contributed by atoms with Gasteiger partial charge in [-0.1, -0.05) is 48.6 Å². The second-order valence-corrected chi connectivity index (χ2v) is 10.9. The van der Waals surface area contributed by atoms with E-state index in [-0.39, 0.29) is 30.3 Å². The van der Waals surface area contributed by atoms with Gasteiger partial charge in [0.05, 0.1) is 17.0 Å². The van der Waals surface area contributed by atoms with E-state index in [0.29, 0.717) is 31.6 Å². The summed E-state index contributed by atoms with van der Waals surface area (Å²) in [4.78, 5) is 41.2. The number of fused-ring (bicyclic) bond motifs is 2. The van der Waals surface area contributed by atoms with Gasteiger partial charge >= 0.3 is 0 Å². The Labute approximate surface area is 216 Å². The first-order chi connectivity index (χ1) is 17.8. The third kappa shape index (κ3) is 3.92. The van der Waals surface area contributed by atoms with E-state index in [0.717, 1.165) is 28.1 Å². The molecule has 0 saturated carbocycles. The van der Waals surface area contributed by atoms with Crippen molar-refractivity contribution in [3.63, 3.8) is 0 Å². The van der Waals surface area contributed by atoms with Gasteiger partial charge in [0.25, 0.3) is 0 Å². The Kier molecular flexibility index (Phi) is 5.45. The van der Waals surface area contributed by atoms with Crippen molar-refractivity contribution in [3.05, 3.63) is 88.8 Å². The quantitative estimate of drug-likeness (QED) is 0.519. The first-order valence-electron chi connectivity index (χ1n) is 12.8. The van der Waals surface area contributed by atoms with Crippen molar-refractivity contribution in [2.24, 2.45) is 5.41 Å². The van der Waals surface area contributed by atoms with Gasteiger partial charge in [-0.3, -0.25) is 14.4 Å². The van der Waals surface area contributed by atoms with Crippen LogP contribution < -0.4 is 21.3 Å². The summed E-state index contributed by atoms with van der Waals surface area (Å²) in [6.45, 7) is 4.92. The third-order valence-electron chi connectivity index (χ3n) is 8.02. The lowest BCUT2D eigenvalue weighted by Crippen LogP contribution is -2.63. The Morgan fingerprint density at radius 2 is 1.86 bits per heavy atom. The predicted molar refractivity (Wildman–Crippen MR) is 140 cm³/mol. The molecule has 0 radical (unpaired) electrons. The number of benzene rings is 2. The van der Waals surface area contributed by atoms with Gasteiger partial charge in [0.2, 0.25) is 17.7 Å². The number of hydrogen-bond acceptors (Lipinski definition) is 5. The summed E-state index contributed by atoms with van der Waals surface area (Å²) in [5.74, 6) is 0.474. The number of nitrogens with zero attached hydrogens (tertiary/aromatic N) is 1. The van der Waals surface area contributed by atoms with E-state index in [1.807, 2.05) is 74.5 Å². The number of hydrogen-bond donors (Lipinski definition) is 4. The normalized spacial score (nSPS) is 25.6. The molecule has 1 spiro atoms. The van der Waals surface area contributed by atoms with Crippen LogP contribution in [-0.4, -0.2) is 47.8 Å². The molecule has 1 fully saturated rings. The highest BCUT2D eigenvalue weighted by molar-refractivity contribution is 5.97. The van der Waals surface area contributed by atoms with E-state index in [2.05, 4.69) is 21.3 Å². The molecule has 1 saturated heterocycles. The average Bonchev–Trinajstić information content (AvgIpc) is 3.40. The zero-order valence-electron chi connectivity index (χ0n) is 21.1. The first-order valence-corrected chi connectivity index (χ1v) is 12.8. The van der Waals surface area contributed by atoms with Crippen LogP contribution in [0.4, 0.5) is 5.69 Å². The maximum Gasteiger partial charge on any atom is 0.244 e. The Morgan fingerprint density at radius 3 is 2.68 bits per heavy atom. The second-order valence-electron chi connectivity index (χ2n) is 10.9. The molecule has 2 atom stereocenters. The number of carbonyl (C=O) groups excluding carboxylic acids is 3. The molecule has 8 nitrogen and oxygen atoms in total. The number of allylic oxidation sites excluding steroid dienone is 1. The van der Waals surface area contributed by atoms with Crippen LogP contribution in [0.3, 0.4) is 0 Å². The van der Waals surface area contributed by atoms with Crippen LogP contribution in [0.15, 0.2) is 72.1 Å². The smallest absolute Gasteiger partial charge is 0.244 e. The number of rotatable bonds is 4. The van der Waals surface area contributed by atoms with E-state index >= 15 is 0 Å². The lowest BCUT2D eigenvalue weighted by atomic mass is 9.78. The Hall–Kier alpha value is -3.91.